The first-order chi connectivity index (χ1) is 29.6. The van der Waals surface area contributed by atoms with E-state index in [0.717, 1.165) is 105 Å². The molecule has 0 aromatic rings. The maximum Gasteiger partial charge on any atom is 0.155 e. The molecule has 2 spiro atoms. The molecule has 4 aliphatic heterocycles. The topological polar surface area (TPSA) is 79.8 Å². The highest BCUT2D eigenvalue weighted by Gasteiger charge is 2.60. The fourth-order valence-electron chi connectivity index (χ4n) is 18.3. The summed E-state index contributed by atoms with van der Waals surface area (Å²) in [5.41, 5.74) is 10.7. The maximum atomic E-state index is 12.1. The molecule has 0 aromatic carbocycles. The Morgan fingerprint density at radius 3 is 1.77 bits per heavy atom. The smallest absolute Gasteiger partial charge is 0.155 e. The SMILES string of the molecule is C.C.CC1=C2C[C@H]3[C@@H](CC=C4C[C@@H](O)CC[C@@]43C)[C@@H]2CC[C@@]2(C1)O[C@@H]1C[C@H](C)CN[C@H]1[C@H]2C.CC1=C2C[C@H]3[C@@H](CCC4=CC(=O)CC[C@@]43C)[C@@H]2CC[C@@]2(C1)O[C@@H]1C[C@H](C)CN[C@H]1[C@H]2C. The second-order valence-electron chi connectivity index (χ2n) is 25.1. The summed E-state index contributed by atoms with van der Waals surface area (Å²) in [7, 11) is 0. The Balaban J connectivity index is 0.000000157. The highest BCUT2D eigenvalue weighted by molar-refractivity contribution is 5.91. The second kappa shape index (κ2) is 17.1. The van der Waals surface area contributed by atoms with Crippen LogP contribution in [0.2, 0.25) is 0 Å². The van der Waals surface area contributed by atoms with Gasteiger partial charge in [0.2, 0.25) is 0 Å². The van der Waals surface area contributed by atoms with E-state index >= 15 is 0 Å². The largest absolute Gasteiger partial charge is 0.393 e. The molecule has 4 saturated carbocycles. The van der Waals surface area contributed by atoms with Crippen LogP contribution in [0.1, 0.15) is 186 Å². The average molecular weight is 881 g/mol. The van der Waals surface area contributed by atoms with Gasteiger partial charge in [-0.25, -0.2) is 0 Å². The number of carbonyl (C=O) groups excluding carboxylic acids is 1. The predicted octanol–water partition coefficient (Wildman–Crippen LogP) is 12.3. The van der Waals surface area contributed by atoms with E-state index in [4.69, 9.17) is 9.47 Å². The lowest BCUT2D eigenvalue weighted by atomic mass is 9.56. The zero-order valence-electron chi connectivity index (χ0n) is 40.1. The van der Waals surface area contributed by atoms with Crippen LogP contribution in [0.15, 0.2) is 45.6 Å². The lowest BCUT2D eigenvalue weighted by molar-refractivity contribution is -0.116. The van der Waals surface area contributed by atoms with Crippen molar-refractivity contribution in [3.8, 4) is 0 Å². The van der Waals surface area contributed by atoms with Crippen molar-refractivity contribution in [2.75, 3.05) is 13.1 Å². The molecular formula is C58H92N2O4. The summed E-state index contributed by atoms with van der Waals surface area (Å²) in [5.74, 6) is 7.69. The van der Waals surface area contributed by atoms with Gasteiger partial charge in [0.05, 0.1) is 29.5 Å². The Labute approximate surface area is 390 Å². The van der Waals surface area contributed by atoms with Crippen molar-refractivity contribution < 1.29 is 19.4 Å². The Morgan fingerprint density at radius 1 is 0.656 bits per heavy atom. The fourth-order valence-corrected chi connectivity index (χ4v) is 18.3. The van der Waals surface area contributed by atoms with Crippen LogP contribution in [0, 0.1) is 70.0 Å². The van der Waals surface area contributed by atoms with Gasteiger partial charge >= 0.3 is 0 Å². The van der Waals surface area contributed by atoms with Gasteiger partial charge in [-0.1, -0.05) is 95.9 Å². The van der Waals surface area contributed by atoms with Crippen LogP contribution < -0.4 is 10.6 Å². The van der Waals surface area contributed by atoms with Crippen molar-refractivity contribution in [2.45, 2.75) is 227 Å². The molecule has 358 valence electrons. The summed E-state index contributed by atoms with van der Waals surface area (Å²) in [6.07, 6.45) is 26.3. The molecular weight excluding hydrogens is 789 g/mol. The molecule has 8 aliphatic carbocycles. The number of aliphatic hydroxyl groups excluding tert-OH is 1. The first-order valence-electron chi connectivity index (χ1n) is 26.4. The molecule has 8 fully saturated rings. The minimum atomic E-state index is -0.107. The third-order valence-electron chi connectivity index (χ3n) is 22.0. The molecule has 0 aromatic heterocycles. The van der Waals surface area contributed by atoms with Crippen LogP contribution in [0.5, 0.6) is 0 Å². The van der Waals surface area contributed by atoms with Crippen molar-refractivity contribution >= 4 is 5.78 Å². The molecule has 0 bridgehead atoms. The monoisotopic (exact) mass is 881 g/mol. The number of carbonyl (C=O) groups is 1. The normalized spacial score (nSPS) is 51.2. The van der Waals surface area contributed by atoms with E-state index in [1.165, 1.54) is 76.2 Å². The number of allylic oxidation sites excluding steroid dienone is 5. The summed E-state index contributed by atoms with van der Waals surface area (Å²) in [6.45, 7) is 21.9. The lowest BCUT2D eigenvalue weighted by Gasteiger charge is -2.49. The van der Waals surface area contributed by atoms with Crippen molar-refractivity contribution in [2.24, 2.45) is 70.0 Å². The van der Waals surface area contributed by atoms with E-state index in [1.807, 2.05) is 6.08 Å². The minimum Gasteiger partial charge on any atom is -0.393 e. The molecule has 12 rings (SSSR count). The van der Waals surface area contributed by atoms with Gasteiger partial charge in [0, 0.05) is 30.3 Å². The fraction of sp³-hybridized carbons (Fsp3) is 0.845. The van der Waals surface area contributed by atoms with Gasteiger partial charge in [-0.05, 0) is 200 Å². The van der Waals surface area contributed by atoms with Crippen molar-refractivity contribution in [3.63, 3.8) is 0 Å². The van der Waals surface area contributed by atoms with E-state index in [1.54, 1.807) is 27.9 Å². The first-order valence-corrected chi connectivity index (χ1v) is 26.4. The average Bonchev–Trinajstić information content (AvgIpc) is 3.91. The van der Waals surface area contributed by atoms with Crippen LogP contribution >= 0.6 is 0 Å². The third kappa shape index (κ3) is 7.35. The first kappa shape index (κ1) is 47.5. The van der Waals surface area contributed by atoms with Gasteiger partial charge in [0.25, 0.3) is 0 Å². The van der Waals surface area contributed by atoms with Crippen LogP contribution in [0.25, 0.3) is 0 Å². The Kier molecular flexibility index (Phi) is 12.7. The van der Waals surface area contributed by atoms with E-state index in [2.05, 4.69) is 72.1 Å². The molecule has 6 nitrogen and oxygen atoms in total. The molecule has 6 heteroatoms. The number of rotatable bonds is 0. The van der Waals surface area contributed by atoms with Gasteiger partial charge in [0.1, 0.15) is 0 Å². The number of aliphatic hydroxyl groups is 1. The van der Waals surface area contributed by atoms with E-state index in [9.17, 15) is 9.90 Å². The van der Waals surface area contributed by atoms with E-state index < -0.39 is 0 Å². The predicted molar refractivity (Wildman–Crippen MR) is 262 cm³/mol. The minimum absolute atomic E-state index is 0. The number of fused-ring (bicyclic) bond motifs is 12. The highest BCUT2D eigenvalue weighted by atomic mass is 16.5. The molecule has 0 radical (unpaired) electrons. The molecule has 4 heterocycles. The zero-order valence-corrected chi connectivity index (χ0v) is 40.1. The molecule has 12 aliphatic rings. The number of nitrogens with one attached hydrogen (secondary N) is 2. The molecule has 0 amide bonds. The van der Waals surface area contributed by atoms with Gasteiger partial charge in [0.15, 0.2) is 5.78 Å². The summed E-state index contributed by atoms with van der Waals surface area (Å²) in [5, 5.41) is 18.0. The van der Waals surface area contributed by atoms with Crippen molar-refractivity contribution in [3.05, 3.63) is 45.6 Å². The number of hydrogen-bond donors (Lipinski definition) is 3. The van der Waals surface area contributed by atoms with Crippen LogP contribution in [0.3, 0.4) is 0 Å². The van der Waals surface area contributed by atoms with Crippen LogP contribution in [0.4, 0.5) is 0 Å². The second-order valence-corrected chi connectivity index (χ2v) is 25.1. The quantitative estimate of drug-likeness (QED) is 0.210. The Bertz CT molecular complexity index is 1950. The Hall–Kier alpha value is -1.57. The van der Waals surface area contributed by atoms with E-state index in [0.29, 0.717) is 47.3 Å². The molecule has 64 heavy (non-hydrogen) atoms. The van der Waals surface area contributed by atoms with Gasteiger partial charge in [-0.15, -0.1) is 0 Å². The van der Waals surface area contributed by atoms with Crippen LogP contribution in [-0.2, 0) is 14.3 Å². The van der Waals surface area contributed by atoms with Crippen molar-refractivity contribution in [1.82, 2.24) is 10.6 Å². The highest BCUT2D eigenvalue weighted by Crippen LogP contribution is 2.66. The zero-order chi connectivity index (χ0) is 43.1. The summed E-state index contributed by atoms with van der Waals surface area (Å²) in [6, 6.07) is 1.09. The van der Waals surface area contributed by atoms with Crippen LogP contribution in [-0.4, -0.2) is 65.6 Å². The van der Waals surface area contributed by atoms with Gasteiger partial charge in [-0.2, -0.15) is 0 Å². The lowest BCUT2D eigenvalue weighted by Crippen LogP contribution is -2.48. The summed E-state index contributed by atoms with van der Waals surface area (Å²) < 4.78 is 14.0. The molecule has 4 saturated heterocycles. The number of ether oxygens (including phenoxy) is 2. The van der Waals surface area contributed by atoms with Crippen molar-refractivity contribution in [1.29, 1.82) is 0 Å². The molecule has 19 atom stereocenters. The number of hydrogen-bond acceptors (Lipinski definition) is 6. The number of ketones is 1. The Morgan fingerprint density at radius 2 is 1.19 bits per heavy atom. The van der Waals surface area contributed by atoms with Gasteiger partial charge in [-0.3, -0.25) is 4.79 Å². The molecule has 0 unspecified atom stereocenters. The number of piperidine rings is 2. The van der Waals surface area contributed by atoms with E-state index in [-0.39, 0.29) is 37.6 Å². The maximum absolute atomic E-state index is 12.1. The third-order valence-corrected chi connectivity index (χ3v) is 22.0. The standard InChI is InChI=1S/C28H43NO2.C28H41NO2.2CH4/c2*1-16-11-25-26(29-15-16)18(3)28(31-25)10-8-21-22-6-5-19-12-20(30)7-9-27(19,4)24(22)13-23(21)17(2)14-28;;/h5,16,18,20-22,24-26,29-30H,6-15H2,1-4H3;12,16,18,21-22,24-26,29H,5-11,13-15H2,1-4H3;2*1H4/t16-,18+,20-,21-,22-,24-,25+,26-,27-,28-;16-,18+,21-,22-,24-,25+,26-,27-,28-;;/m00../s1. The van der Waals surface area contributed by atoms with Gasteiger partial charge < -0.3 is 25.2 Å². The summed E-state index contributed by atoms with van der Waals surface area (Å²) in [4.78, 5) is 12.1. The summed E-state index contributed by atoms with van der Waals surface area (Å²) >= 11 is 0. The molecule has 3 N–H and O–H groups in total.